The molecule has 0 saturated carbocycles. The molecule has 2 saturated heterocycles. The Balaban J connectivity index is 0.00000137. The van der Waals surface area contributed by atoms with Crippen LogP contribution in [0.5, 0.6) is 0 Å². The number of fused-ring (bicyclic) bond motifs is 4. The lowest BCUT2D eigenvalue weighted by molar-refractivity contribution is 0.0472. The lowest BCUT2D eigenvalue weighted by Gasteiger charge is -2.39. The Morgan fingerprint density at radius 3 is 2.66 bits per heavy atom. The summed E-state index contributed by atoms with van der Waals surface area (Å²) in [4.78, 5) is 37.9. The molecule has 3 aliphatic rings. The predicted octanol–water partition coefficient (Wildman–Crippen LogP) is 3.62. The summed E-state index contributed by atoms with van der Waals surface area (Å²) in [5.41, 5.74) is 4.69. The van der Waals surface area contributed by atoms with Crippen molar-refractivity contribution in [2.75, 3.05) is 20.1 Å². The van der Waals surface area contributed by atoms with Gasteiger partial charge in [0.1, 0.15) is 5.65 Å². The van der Waals surface area contributed by atoms with Crippen LogP contribution in [0.25, 0.3) is 22.2 Å². The van der Waals surface area contributed by atoms with Crippen molar-refractivity contribution in [2.45, 2.75) is 44.3 Å². The number of rotatable bonds is 2. The van der Waals surface area contributed by atoms with Crippen molar-refractivity contribution >= 4 is 22.8 Å². The number of amides is 2. The zero-order valence-corrected chi connectivity index (χ0v) is 18.6. The van der Waals surface area contributed by atoms with E-state index in [1.165, 1.54) is 0 Å². The van der Waals surface area contributed by atoms with Crippen LogP contribution in [0.1, 0.15) is 55.8 Å². The summed E-state index contributed by atoms with van der Waals surface area (Å²) in [6.07, 6.45) is 5.77. The standard InChI is InChI=1S/C25H27N5O2.2H2/c1-25(2)21-9-14(4-7-18(21)23(31)28-25)20-11-27-22-19(20)8-15(10-26-22)24(32)30-16-5-6-17(30)13-29(3)12-16;;/h4,7-11,16-17H,5-6,12-13H2,1-3H3,(H,26,27)(H,28,31);2*1H. The Morgan fingerprint density at radius 1 is 1.16 bits per heavy atom. The highest BCUT2D eigenvalue weighted by atomic mass is 16.2. The van der Waals surface area contributed by atoms with Crippen molar-refractivity contribution in [1.82, 2.24) is 25.1 Å². The van der Waals surface area contributed by atoms with E-state index in [-0.39, 0.29) is 26.8 Å². The average Bonchev–Trinajstić information content (AvgIpc) is 3.37. The first-order valence-corrected chi connectivity index (χ1v) is 11.3. The highest BCUT2D eigenvalue weighted by Crippen LogP contribution is 2.37. The number of aromatic amines is 1. The van der Waals surface area contributed by atoms with Gasteiger partial charge in [-0.15, -0.1) is 0 Å². The van der Waals surface area contributed by atoms with Crippen LogP contribution in [0.15, 0.2) is 36.7 Å². The maximum Gasteiger partial charge on any atom is 0.256 e. The van der Waals surface area contributed by atoms with E-state index in [0.29, 0.717) is 5.56 Å². The number of likely N-dealkylation sites (N-methyl/N-ethyl adjacent to an activating group) is 1. The summed E-state index contributed by atoms with van der Waals surface area (Å²) in [6.45, 7) is 5.90. The van der Waals surface area contributed by atoms with Crippen molar-refractivity contribution in [1.29, 1.82) is 0 Å². The first kappa shape index (κ1) is 19.5. The topological polar surface area (TPSA) is 81.3 Å². The number of benzene rings is 1. The van der Waals surface area contributed by atoms with Gasteiger partial charge < -0.3 is 20.1 Å². The smallest absolute Gasteiger partial charge is 0.256 e. The molecule has 2 amide bonds. The number of nitrogens with zero attached hydrogens (tertiary/aromatic N) is 3. The molecule has 6 rings (SSSR count). The maximum absolute atomic E-state index is 13.5. The molecule has 7 heteroatoms. The van der Waals surface area contributed by atoms with Crippen molar-refractivity contribution in [3.63, 3.8) is 0 Å². The van der Waals surface area contributed by atoms with E-state index in [0.717, 1.165) is 59.2 Å². The summed E-state index contributed by atoms with van der Waals surface area (Å²) in [5, 5.41) is 3.96. The molecule has 2 aromatic heterocycles. The first-order chi connectivity index (χ1) is 15.3. The molecule has 2 unspecified atom stereocenters. The molecule has 0 aliphatic carbocycles. The molecular formula is C25H31N5O2. The Kier molecular flexibility index (Phi) is 4.05. The van der Waals surface area contributed by atoms with Crippen LogP contribution >= 0.6 is 0 Å². The van der Waals surface area contributed by atoms with Gasteiger partial charge in [0.15, 0.2) is 0 Å². The zero-order chi connectivity index (χ0) is 22.2. The number of pyridine rings is 1. The minimum Gasteiger partial charge on any atom is -0.346 e. The first-order valence-electron chi connectivity index (χ1n) is 11.3. The minimum atomic E-state index is -0.408. The second-order valence-corrected chi connectivity index (χ2v) is 9.98. The number of piperazine rings is 1. The molecule has 3 aliphatic heterocycles. The molecular weight excluding hydrogens is 402 g/mol. The second kappa shape index (κ2) is 6.65. The highest BCUT2D eigenvalue weighted by molar-refractivity contribution is 6.03. The van der Waals surface area contributed by atoms with Crippen LogP contribution in [-0.2, 0) is 5.54 Å². The van der Waals surface area contributed by atoms with Gasteiger partial charge in [-0.05, 0) is 63.1 Å². The van der Waals surface area contributed by atoms with E-state index >= 15 is 0 Å². The monoisotopic (exact) mass is 433 g/mol. The SMILES string of the molecule is CN1CC2CCC(C1)N2C(=O)c1cnc2[nH]cc(-c3ccc4c(c3)C(C)(C)NC4=O)c2c1.[HH].[HH]. The molecule has 2 N–H and O–H groups in total. The van der Waals surface area contributed by atoms with Gasteiger partial charge >= 0.3 is 0 Å². The lowest BCUT2D eigenvalue weighted by Crippen LogP contribution is -2.54. The van der Waals surface area contributed by atoms with E-state index in [9.17, 15) is 9.59 Å². The number of carbonyl (C=O) groups excluding carboxylic acids is 2. The number of aromatic nitrogens is 2. The summed E-state index contributed by atoms with van der Waals surface area (Å²) in [7, 11) is 2.13. The molecule has 0 radical (unpaired) electrons. The molecule has 3 aromatic rings. The van der Waals surface area contributed by atoms with Gasteiger partial charge in [-0.25, -0.2) is 4.98 Å². The highest BCUT2D eigenvalue weighted by Gasteiger charge is 2.42. The number of nitrogens with one attached hydrogen (secondary N) is 2. The van der Waals surface area contributed by atoms with Crippen LogP contribution < -0.4 is 5.32 Å². The number of likely N-dealkylation sites (tertiary alicyclic amines) is 1. The quantitative estimate of drug-likeness (QED) is 0.647. The van der Waals surface area contributed by atoms with Gasteiger partial charge in [0.05, 0.1) is 11.1 Å². The Bertz CT molecular complexity index is 1270. The van der Waals surface area contributed by atoms with Crippen molar-refractivity contribution in [3.8, 4) is 11.1 Å². The average molecular weight is 434 g/mol. The van der Waals surface area contributed by atoms with E-state index in [1.54, 1.807) is 6.20 Å². The van der Waals surface area contributed by atoms with Crippen molar-refractivity contribution in [2.24, 2.45) is 0 Å². The molecule has 1 aromatic carbocycles. The van der Waals surface area contributed by atoms with E-state index < -0.39 is 5.54 Å². The van der Waals surface area contributed by atoms with Crippen LogP contribution in [0.4, 0.5) is 0 Å². The minimum absolute atomic E-state index is 0. The molecule has 2 bridgehead atoms. The normalized spacial score (nSPS) is 24.1. The van der Waals surface area contributed by atoms with Crippen LogP contribution in [0.3, 0.4) is 0 Å². The lowest BCUT2D eigenvalue weighted by atomic mass is 9.91. The third kappa shape index (κ3) is 2.80. The molecule has 168 valence electrons. The van der Waals surface area contributed by atoms with E-state index in [1.807, 2.05) is 38.2 Å². The molecule has 7 nitrogen and oxygen atoms in total. The summed E-state index contributed by atoms with van der Waals surface area (Å²) < 4.78 is 0. The van der Waals surface area contributed by atoms with Crippen LogP contribution in [0, 0.1) is 0 Å². The predicted molar refractivity (Wildman–Crippen MR) is 127 cm³/mol. The Morgan fingerprint density at radius 2 is 1.91 bits per heavy atom. The van der Waals surface area contributed by atoms with Crippen LogP contribution in [-0.4, -0.2) is 63.8 Å². The Labute approximate surface area is 189 Å². The van der Waals surface area contributed by atoms with Crippen LogP contribution in [0.2, 0.25) is 0 Å². The number of hydrogen-bond acceptors (Lipinski definition) is 4. The van der Waals surface area contributed by atoms with Gasteiger partial charge in [-0.1, -0.05) is 6.07 Å². The fourth-order valence-electron chi connectivity index (χ4n) is 5.80. The number of hydrogen-bond donors (Lipinski definition) is 2. The fourth-order valence-corrected chi connectivity index (χ4v) is 5.80. The molecule has 0 spiro atoms. The fraction of sp³-hybridized carbons (Fsp3) is 0.400. The Hall–Kier alpha value is -3.19. The summed E-state index contributed by atoms with van der Waals surface area (Å²) >= 11 is 0. The van der Waals surface area contributed by atoms with Crippen molar-refractivity contribution in [3.05, 3.63) is 53.3 Å². The molecule has 2 fully saturated rings. The number of H-pyrrole nitrogens is 1. The largest absolute Gasteiger partial charge is 0.346 e. The zero-order valence-electron chi connectivity index (χ0n) is 18.6. The van der Waals surface area contributed by atoms with Gasteiger partial charge in [0.25, 0.3) is 11.8 Å². The van der Waals surface area contributed by atoms with Gasteiger partial charge in [-0.2, -0.15) is 0 Å². The number of carbonyl (C=O) groups is 2. The second-order valence-electron chi connectivity index (χ2n) is 9.98. The molecule has 2 atom stereocenters. The summed E-state index contributed by atoms with van der Waals surface area (Å²) in [6, 6.07) is 8.48. The van der Waals surface area contributed by atoms with Gasteiger partial charge in [-0.3, -0.25) is 9.59 Å². The third-order valence-corrected chi connectivity index (χ3v) is 7.35. The van der Waals surface area contributed by atoms with Gasteiger partial charge in [0.2, 0.25) is 0 Å². The van der Waals surface area contributed by atoms with E-state index in [4.69, 9.17) is 0 Å². The van der Waals surface area contributed by atoms with E-state index in [2.05, 4.69) is 38.2 Å². The molecule has 5 heterocycles. The molecule has 32 heavy (non-hydrogen) atoms. The third-order valence-electron chi connectivity index (χ3n) is 7.35. The maximum atomic E-state index is 13.5. The summed E-state index contributed by atoms with van der Waals surface area (Å²) in [5.74, 6) is 0.0452. The van der Waals surface area contributed by atoms with Gasteiger partial charge in [0, 0.05) is 56.9 Å². The van der Waals surface area contributed by atoms with Crippen molar-refractivity contribution < 1.29 is 12.4 Å².